The molecule has 27 heavy (non-hydrogen) atoms. The number of alkyl halides is 1. The van der Waals surface area contributed by atoms with Gasteiger partial charge >= 0.3 is 7.60 Å². The largest absolute Gasteiger partial charge is 0.378 e. The molecule has 1 aromatic carbocycles. The van der Waals surface area contributed by atoms with E-state index in [0.29, 0.717) is 5.56 Å². The van der Waals surface area contributed by atoms with Gasteiger partial charge in [-0.1, -0.05) is 41.9 Å². The van der Waals surface area contributed by atoms with Crippen LogP contribution in [-0.4, -0.2) is 36.4 Å². The summed E-state index contributed by atoms with van der Waals surface area (Å²) in [5.74, 6) is 0.114. The van der Waals surface area contributed by atoms with E-state index >= 15 is 0 Å². The zero-order valence-corrected chi connectivity index (χ0v) is 17.1. The topological polar surface area (TPSA) is 122 Å². The van der Waals surface area contributed by atoms with Gasteiger partial charge in [-0.05, 0) is 36.6 Å². The fourth-order valence-electron chi connectivity index (χ4n) is 2.52. The molecule has 3 N–H and O–H groups in total. The second-order valence-corrected chi connectivity index (χ2v) is 8.43. The highest BCUT2D eigenvalue weighted by atomic mass is 35.5. The summed E-state index contributed by atoms with van der Waals surface area (Å²) in [6, 6.07) is 8.79. The Balaban J connectivity index is 2.61. The summed E-state index contributed by atoms with van der Waals surface area (Å²) in [6.07, 6.45) is -1.08. The molecule has 0 spiro atoms. The van der Waals surface area contributed by atoms with Crippen molar-refractivity contribution in [2.75, 3.05) is 30.9 Å². The van der Waals surface area contributed by atoms with Crippen molar-refractivity contribution in [1.29, 1.82) is 0 Å². The number of nitrogens with zero attached hydrogens (tertiary/aromatic N) is 2. The van der Waals surface area contributed by atoms with Crippen molar-refractivity contribution in [3.8, 4) is 0 Å². The number of hydrogen-bond acceptors (Lipinski definition) is 9. The zero-order valence-electron chi connectivity index (χ0n) is 15.4. The number of hydrogen-bond donors (Lipinski definition) is 2. The lowest BCUT2D eigenvalue weighted by molar-refractivity contribution is 0.0572. The maximum Gasteiger partial charge on any atom is 0.360 e. The monoisotopic (exact) mass is 418 g/mol. The third kappa shape index (κ3) is 4.44. The van der Waals surface area contributed by atoms with Crippen molar-refractivity contribution >= 4 is 30.8 Å². The van der Waals surface area contributed by atoms with Gasteiger partial charge in [0.25, 0.3) is 0 Å². The normalized spacial score (nSPS) is 15.3. The van der Waals surface area contributed by atoms with Crippen LogP contribution in [0.15, 0.2) is 35.0 Å². The van der Waals surface area contributed by atoms with Crippen LogP contribution in [0, 0.1) is 0 Å². The lowest BCUT2D eigenvalue weighted by Crippen LogP contribution is -2.43. The van der Waals surface area contributed by atoms with E-state index in [4.69, 9.17) is 31.1 Å². The van der Waals surface area contributed by atoms with Crippen LogP contribution < -0.4 is 11.1 Å². The molecule has 9 nitrogen and oxygen atoms in total. The lowest BCUT2D eigenvalue weighted by atomic mass is 10.1. The van der Waals surface area contributed by atoms with Crippen LogP contribution in [0.2, 0.25) is 0 Å². The summed E-state index contributed by atoms with van der Waals surface area (Å²) in [5, 5.41) is 10.1. The van der Waals surface area contributed by atoms with Gasteiger partial charge in [-0.2, -0.15) is 0 Å². The number of anilines is 2. The molecular formula is C16H24ClN4O5P. The standard InChI is InChI=1S/C16H24ClN4O5P/c1-4-23-15(19-14-13(18)20-26-21-14)16(17,12-10-8-7-9-11-12)27(22,24-5-2)25-6-3/h7-11,15H,4-6H2,1-3H3,(H2,18,20)(H,19,21). The smallest absolute Gasteiger partial charge is 0.360 e. The fourth-order valence-corrected chi connectivity index (χ4v) is 5.08. The predicted molar refractivity (Wildman–Crippen MR) is 103 cm³/mol. The van der Waals surface area contributed by atoms with Crippen molar-refractivity contribution in [1.82, 2.24) is 10.3 Å². The van der Waals surface area contributed by atoms with Gasteiger partial charge in [0, 0.05) is 6.61 Å². The molecule has 0 aliphatic heterocycles. The maximum atomic E-state index is 13.8. The molecule has 2 unspecified atom stereocenters. The van der Waals surface area contributed by atoms with Gasteiger partial charge in [-0.15, -0.1) is 0 Å². The zero-order chi connectivity index (χ0) is 19.9. The van der Waals surface area contributed by atoms with E-state index in [0.717, 1.165) is 0 Å². The molecule has 0 fully saturated rings. The van der Waals surface area contributed by atoms with Crippen LogP contribution in [0.4, 0.5) is 11.6 Å². The molecule has 11 heteroatoms. The van der Waals surface area contributed by atoms with Gasteiger partial charge < -0.3 is 24.8 Å². The van der Waals surface area contributed by atoms with Gasteiger partial charge in [0.05, 0.1) is 13.2 Å². The summed E-state index contributed by atoms with van der Waals surface area (Å²) in [7, 11) is -3.92. The third-order valence-corrected chi connectivity index (χ3v) is 7.16. The van der Waals surface area contributed by atoms with Gasteiger partial charge in [0.2, 0.25) is 16.3 Å². The molecule has 2 atom stereocenters. The Bertz CT molecular complexity index is 752. The van der Waals surface area contributed by atoms with E-state index in [1.165, 1.54) is 0 Å². The Hall–Kier alpha value is -1.64. The highest BCUT2D eigenvalue weighted by Crippen LogP contribution is 2.69. The van der Waals surface area contributed by atoms with E-state index in [2.05, 4.69) is 20.3 Å². The average Bonchev–Trinajstić information content (AvgIpc) is 3.06. The summed E-state index contributed by atoms with van der Waals surface area (Å²) in [4.78, 5) is 0. The Kier molecular flexibility index (Phi) is 7.64. The van der Waals surface area contributed by atoms with Crippen molar-refractivity contribution in [2.45, 2.75) is 31.6 Å². The van der Waals surface area contributed by atoms with E-state index < -0.39 is 18.4 Å². The summed E-state index contributed by atoms with van der Waals surface area (Å²) < 4.78 is 33.6. The second kappa shape index (κ2) is 9.52. The third-order valence-electron chi connectivity index (χ3n) is 3.64. The Morgan fingerprint density at radius 3 is 2.30 bits per heavy atom. The summed E-state index contributed by atoms with van der Waals surface area (Å²) in [6.45, 7) is 5.69. The van der Waals surface area contributed by atoms with Crippen LogP contribution in [-0.2, 0) is 23.0 Å². The number of nitrogens with two attached hydrogens (primary N) is 1. The number of nitrogens with one attached hydrogen (secondary N) is 1. The fraction of sp³-hybridized carbons (Fsp3) is 0.500. The Morgan fingerprint density at radius 1 is 1.19 bits per heavy atom. The maximum absolute atomic E-state index is 13.8. The summed E-state index contributed by atoms with van der Waals surface area (Å²) >= 11 is 7.02. The lowest BCUT2D eigenvalue weighted by Gasteiger charge is -2.39. The van der Waals surface area contributed by atoms with Crippen LogP contribution in [0.5, 0.6) is 0 Å². The first-order valence-electron chi connectivity index (χ1n) is 8.52. The van der Waals surface area contributed by atoms with E-state index in [9.17, 15) is 4.57 Å². The highest BCUT2D eigenvalue weighted by molar-refractivity contribution is 7.57. The van der Waals surface area contributed by atoms with Gasteiger partial charge in [-0.3, -0.25) is 4.57 Å². The van der Waals surface area contributed by atoms with Crippen LogP contribution in [0.25, 0.3) is 0 Å². The first-order chi connectivity index (χ1) is 12.9. The van der Waals surface area contributed by atoms with Crippen LogP contribution in [0.1, 0.15) is 26.3 Å². The molecule has 1 aromatic heterocycles. The SMILES string of the molecule is CCOC(Nc1nonc1N)C(Cl)(c1ccccc1)P(=O)(OCC)OCC. The van der Waals surface area contributed by atoms with E-state index in [1.54, 1.807) is 45.0 Å². The molecule has 0 aliphatic carbocycles. The van der Waals surface area contributed by atoms with E-state index in [-0.39, 0.29) is 31.5 Å². The highest BCUT2D eigenvalue weighted by Gasteiger charge is 2.58. The van der Waals surface area contributed by atoms with Crippen LogP contribution in [0.3, 0.4) is 0 Å². The molecule has 2 rings (SSSR count). The molecule has 0 aliphatic rings. The molecule has 0 radical (unpaired) electrons. The number of halogens is 1. The molecule has 0 saturated carbocycles. The first-order valence-corrected chi connectivity index (χ1v) is 10.4. The average molecular weight is 419 g/mol. The predicted octanol–water partition coefficient (Wildman–Crippen LogP) is 3.78. The molecule has 2 aromatic rings. The van der Waals surface area contributed by atoms with Gasteiger partial charge in [-0.25, -0.2) is 4.63 Å². The molecule has 1 heterocycles. The molecule has 0 saturated heterocycles. The number of benzene rings is 1. The first kappa shape index (κ1) is 21.7. The Morgan fingerprint density at radius 2 is 1.81 bits per heavy atom. The molecule has 0 amide bonds. The van der Waals surface area contributed by atoms with Gasteiger partial charge in [0.1, 0.15) is 0 Å². The second-order valence-electron chi connectivity index (χ2n) is 5.35. The van der Waals surface area contributed by atoms with E-state index in [1.807, 2.05) is 6.07 Å². The molecule has 0 bridgehead atoms. The number of rotatable bonds is 11. The quantitative estimate of drug-likeness (QED) is 0.319. The van der Waals surface area contributed by atoms with Gasteiger partial charge in [0.15, 0.2) is 6.23 Å². The minimum absolute atomic E-state index is 0.00873. The molecular weight excluding hydrogens is 395 g/mol. The minimum atomic E-state index is -3.92. The summed E-state index contributed by atoms with van der Waals surface area (Å²) in [5.41, 5.74) is 6.22. The number of aromatic nitrogens is 2. The van der Waals surface area contributed by atoms with Crippen molar-refractivity contribution in [3.05, 3.63) is 35.9 Å². The van der Waals surface area contributed by atoms with Crippen LogP contribution >= 0.6 is 19.2 Å². The Labute approximate surface area is 163 Å². The minimum Gasteiger partial charge on any atom is -0.378 e. The van der Waals surface area contributed by atoms with Crippen molar-refractivity contribution in [2.24, 2.45) is 0 Å². The van der Waals surface area contributed by atoms with Crippen molar-refractivity contribution in [3.63, 3.8) is 0 Å². The molecule has 150 valence electrons. The van der Waals surface area contributed by atoms with Crippen molar-refractivity contribution < 1.29 is 23.0 Å². The number of nitrogen functional groups attached to an aromatic ring is 1. The number of ether oxygens (including phenoxy) is 1.